The van der Waals surface area contributed by atoms with E-state index < -0.39 is 46.3 Å². The highest BCUT2D eigenvalue weighted by Gasteiger charge is 2.31. The molecule has 1 aliphatic carbocycles. The fourth-order valence-electron chi connectivity index (χ4n) is 5.41. The van der Waals surface area contributed by atoms with Crippen molar-refractivity contribution in [3.8, 4) is 11.5 Å². The van der Waals surface area contributed by atoms with E-state index in [1.54, 1.807) is 17.7 Å². The number of nitrogens with zero attached hydrogens (tertiary/aromatic N) is 5. The van der Waals surface area contributed by atoms with Crippen LogP contribution in [0.1, 0.15) is 29.6 Å². The number of sulfonamides is 1. The second-order valence-corrected chi connectivity index (χ2v) is 12.8. The number of hydrogen-bond donors (Lipinski definition) is 2. The van der Waals surface area contributed by atoms with Crippen LogP contribution in [0.15, 0.2) is 30.3 Å². The number of fused-ring (bicyclic) bond motifs is 2. The summed E-state index contributed by atoms with van der Waals surface area (Å²) in [5, 5.41) is 6.16. The van der Waals surface area contributed by atoms with E-state index in [-0.39, 0.29) is 22.8 Å². The molecular weight excluding hydrogens is 578 g/mol. The Hall–Kier alpha value is -3.72. The average molecular weight is 608 g/mol. The van der Waals surface area contributed by atoms with E-state index >= 15 is 4.39 Å². The number of piperidine rings is 1. The summed E-state index contributed by atoms with van der Waals surface area (Å²) >= 11 is 0. The van der Waals surface area contributed by atoms with Crippen LogP contribution in [0.3, 0.4) is 0 Å². The number of aromatic nitrogens is 4. The van der Waals surface area contributed by atoms with Crippen LogP contribution < -0.4 is 14.9 Å². The fourth-order valence-corrected chi connectivity index (χ4v) is 6.14. The molecule has 2 N–H and O–H groups in total. The van der Waals surface area contributed by atoms with Gasteiger partial charge in [0, 0.05) is 31.6 Å². The lowest BCUT2D eigenvalue weighted by Crippen LogP contribution is -2.52. The van der Waals surface area contributed by atoms with Crippen molar-refractivity contribution in [3.63, 3.8) is 0 Å². The summed E-state index contributed by atoms with van der Waals surface area (Å²) in [5.74, 6) is -1.20. The van der Waals surface area contributed by atoms with Crippen molar-refractivity contribution >= 4 is 43.8 Å². The van der Waals surface area contributed by atoms with Gasteiger partial charge < -0.3 is 19.8 Å². The lowest BCUT2D eigenvalue weighted by molar-refractivity contribution is 0.0888. The van der Waals surface area contributed by atoms with Gasteiger partial charge in [-0.05, 0) is 56.0 Å². The topological polar surface area (TPSA) is 114 Å². The largest absolute Gasteiger partial charge is 0.345 e. The highest BCUT2D eigenvalue weighted by Crippen LogP contribution is 2.37. The Morgan fingerprint density at radius 1 is 1.19 bits per heavy atom. The normalized spacial score (nSPS) is 19.6. The summed E-state index contributed by atoms with van der Waals surface area (Å²) in [4.78, 5) is 21.9. The van der Waals surface area contributed by atoms with Crippen LogP contribution in [0.4, 0.5) is 23.4 Å². The summed E-state index contributed by atoms with van der Waals surface area (Å²) < 4.78 is 84.5. The van der Waals surface area contributed by atoms with Crippen molar-refractivity contribution in [1.29, 1.82) is 0 Å². The standard InChI is InChI=1S/C27H29F4N7O3S/c1-36-21-11-18(29)16(26(39)34-20-12-32-8-7-17(20)28)10-19(21)33-25(36)22-9-15-5-6-23(38(27(30)31)42(2,40)41)35-24(15)37(22)13-14-3-4-14/h5-6,9-11,14,17,20,27,32H,3-4,7-8,12-13H2,1-2H3,(H,34,39)/t17-,20-/m0/s1. The van der Waals surface area contributed by atoms with E-state index in [1.165, 1.54) is 24.3 Å². The lowest BCUT2D eigenvalue weighted by Gasteiger charge is -2.27. The van der Waals surface area contributed by atoms with Gasteiger partial charge in [-0.1, -0.05) is 0 Å². The zero-order valence-electron chi connectivity index (χ0n) is 22.8. The number of nitrogens with one attached hydrogen (secondary N) is 2. The minimum absolute atomic E-state index is 0.0283. The number of imidazole rings is 1. The maximum atomic E-state index is 15.2. The molecule has 42 heavy (non-hydrogen) atoms. The van der Waals surface area contributed by atoms with E-state index in [2.05, 4.69) is 15.6 Å². The van der Waals surface area contributed by atoms with Crippen molar-refractivity contribution in [3.05, 3.63) is 41.7 Å². The molecule has 0 radical (unpaired) electrons. The first kappa shape index (κ1) is 28.4. The van der Waals surface area contributed by atoms with Gasteiger partial charge in [0.25, 0.3) is 5.91 Å². The minimum atomic E-state index is -4.30. The smallest absolute Gasteiger partial charge is 0.329 e. The number of anilines is 1. The third kappa shape index (κ3) is 5.19. The molecule has 3 aromatic heterocycles. The predicted octanol–water partition coefficient (Wildman–Crippen LogP) is 3.56. The van der Waals surface area contributed by atoms with Gasteiger partial charge in [0.15, 0.2) is 5.82 Å². The third-order valence-corrected chi connectivity index (χ3v) is 8.85. The van der Waals surface area contributed by atoms with Gasteiger partial charge in [0.05, 0.1) is 34.6 Å². The number of pyridine rings is 1. The Labute approximate surface area is 238 Å². The minimum Gasteiger partial charge on any atom is -0.345 e. The molecule has 1 amide bonds. The second-order valence-electron chi connectivity index (χ2n) is 10.9. The molecule has 4 aromatic rings. The lowest BCUT2D eigenvalue weighted by atomic mass is 10.0. The van der Waals surface area contributed by atoms with E-state index in [0.29, 0.717) is 58.8 Å². The average Bonchev–Trinajstić information content (AvgIpc) is 3.60. The zero-order chi connectivity index (χ0) is 29.9. The molecule has 2 fully saturated rings. The molecule has 1 aromatic carbocycles. The highest BCUT2D eigenvalue weighted by molar-refractivity contribution is 7.92. The second kappa shape index (κ2) is 10.5. The third-order valence-electron chi connectivity index (χ3n) is 7.78. The number of benzene rings is 1. The number of alkyl halides is 3. The Balaban J connectivity index is 1.43. The van der Waals surface area contributed by atoms with Gasteiger partial charge in [-0.25, -0.2) is 27.2 Å². The van der Waals surface area contributed by atoms with Crippen molar-refractivity contribution in [2.75, 3.05) is 23.7 Å². The maximum Gasteiger partial charge on any atom is 0.329 e. The first-order valence-corrected chi connectivity index (χ1v) is 15.4. The molecule has 4 heterocycles. The number of rotatable bonds is 8. The molecule has 1 saturated heterocycles. The van der Waals surface area contributed by atoms with E-state index in [0.717, 1.165) is 12.8 Å². The van der Waals surface area contributed by atoms with Crippen molar-refractivity contribution in [2.45, 2.75) is 44.6 Å². The summed E-state index contributed by atoms with van der Waals surface area (Å²) in [7, 11) is -2.62. The van der Waals surface area contributed by atoms with E-state index in [4.69, 9.17) is 4.98 Å². The number of halogens is 4. The van der Waals surface area contributed by atoms with Crippen LogP contribution in [0.2, 0.25) is 0 Å². The Bertz CT molecular complexity index is 1800. The molecule has 10 nitrogen and oxygen atoms in total. The van der Waals surface area contributed by atoms with Gasteiger partial charge in [-0.15, -0.1) is 0 Å². The number of carbonyl (C=O) groups excluding carboxylic acids is 1. The summed E-state index contributed by atoms with van der Waals surface area (Å²) in [5.41, 5.74) is 1.35. The molecule has 2 atom stereocenters. The van der Waals surface area contributed by atoms with Crippen LogP contribution in [-0.2, 0) is 23.6 Å². The number of aryl methyl sites for hydroxylation is 1. The summed E-state index contributed by atoms with van der Waals surface area (Å²) in [6.07, 6.45) is 1.63. The van der Waals surface area contributed by atoms with Gasteiger partial charge in [0.2, 0.25) is 10.0 Å². The highest BCUT2D eigenvalue weighted by atomic mass is 32.2. The van der Waals surface area contributed by atoms with Crippen molar-refractivity contribution in [1.82, 2.24) is 29.7 Å². The SMILES string of the molecule is Cn1c(-c2cc3ccc(N(C(F)F)S(C)(=O)=O)nc3n2CC2CC2)nc2cc(C(=O)N[C@H]3CNCC[C@@H]3F)c(F)cc21. The monoisotopic (exact) mass is 607 g/mol. The van der Waals surface area contributed by atoms with Gasteiger partial charge in [-0.2, -0.15) is 13.1 Å². The van der Waals surface area contributed by atoms with Crippen LogP contribution >= 0.6 is 0 Å². The van der Waals surface area contributed by atoms with Crippen LogP contribution in [-0.4, -0.2) is 71.5 Å². The summed E-state index contributed by atoms with van der Waals surface area (Å²) in [6.45, 7) is -2.08. The Kier molecular flexibility index (Phi) is 7.12. The predicted molar refractivity (Wildman–Crippen MR) is 149 cm³/mol. The number of carbonyl (C=O) groups is 1. The molecular formula is C27H29F4N7O3S. The summed E-state index contributed by atoms with van der Waals surface area (Å²) in [6, 6.07) is 6.26. The molecule has 2 aliphatic rings. The Morgan fingerprint density at radius 3 is 2.62 bits per heavy atom. The molecule has 0 bridgehead atoms. The molecule has 0 unspecified atom stereocenters. The van der Waals surface area contributed by atoms with E-state index in [9.17, 15) is 26.4 Å². The van der Waals surface area contributed by atoms with Crippen LogP contribution in [0, 0.1) is 11.7 Å². The molecule has 1 aliphatic heterocycles. The number of amides is 1. The van der Waals surface area contributed by atoms with Gasteiger partial charge in [0.1, 0.15) is 23.5 Å². The van der Waals surface area contributed by atoms with E-state index in [1.807, 2.05) is 4.57 Å². The quantitative estimate of drug-likeness (QED) is 0.234. The molecule has 224 valence electrons. The fraction of sp³-hybridized carbons (Fsp3) is 0.444. The first-order chi connectivity index (χ1) is 19.9. The molecule has 0 spiro atoms. The Morgan fingerprint density at radius 2 is 1.95 bits per heavy atom. The molecule has 15 heteroatoms. The number of hydrogen-bond acceptors (Lipinski definition) is 6. The van der Waals surface area contributed by atoms with Gasteiger partial charge in [-0.3, -0.25) is 4.79 Å². The molecule has 6 rings (SSSR count). The first-order valence-electron chi connectivity index (χ1n) is 13.5. The van der Waals surface area contributed by atoms with Crippen LogP contribution in [0.25, 0.3) is 33.6 Å². The van der Waals surface area contributed by atoms with Crippen LogP contribution in [0.5, 0.6) is 0 Å². The molecule has 1 saturated carbocycles. The van der Waals surface area contributed by atoms with Crippen molar-refractivity contribution < 1.29 is 30.8 Å². The maximum absolute atomic E-state index is 15.2. The van der Waals surface area contributed by atoms with Crippen molar-refractivity contribution in [2.24, 2.45) is 13.0 Å². The zero-order valence-corrected chi connectivity index (χ0v) is 23.6. The van der Waals surface area contributed by atoms with Gasteiger partial charge >= 0.3 is 6.55 Å².